The fourth-order valence-corrected chi connectivity index (χ4v) is 4.83. The van der Waals surface area contributed by atoms with Crippen LogP contribution in [0.25, 0.3) is 11.3 Å². The summed E-state index contributed by atoms with van der Waals surface area (Å²) in [4.78, 5) is 31.0. The zero-order chi connectivity index (χ0) is 24.5. The second-order valence-corrected chi connectivity index (χ2v) is 9.38. The van der Waals surface area contributed by atoms with Crippen molar-refractivity contribution in [3.05, 3.63) is 70.1 Å². The van der Waals surface area contributed by atoms with Crippen LogP contribution in [0.5, 0.6) is 0 Å². The number of hydrogen-bond acceptors (Lipinski definition) is 4. The lowest BCUT2D eigenvalue weighted by atomic mass is 9.94. The van der Waals surface area contributed by atoms with Crippen LogP contribution < -0.4 is 4.90 Å². The monoisotopic (exact) mass is 508 g/mol. The molecule has 10 heteroatoms. The highest BCUT2D eigenvalue weighted by Gasteiger charge is 2.39. The number of amides is 1. The molecule has 178 valence electrons. The normalized spacial score (nSPS) is 14.6. The molecule has 0 unspecified atom stereocenters. The summed E-state index contributed by atoms with van der Waals surface area (Å²) in [5.74, 6) is -2.24. The van der Waals surface area contributed by atoms with E-state index < -0.39 is 23.6 Å². The molecule has 3 aromatic rings. The molecule has 1 saturated carbocycles. The van der Waals surface area contributed by atoms with Crippen LogP contribution in [-0.2, 0) is 22.2 Å². The van der Waals surface area contributed by atoms with Gasteiger partial charge in [-0.1, -0.05) is 41.9 Å². The zero-order valence-electron chi connectivity index (χ0n) is 17.8. The highest BCUT2D eigenvalue weighted by Crippen LogP contribution is 2.40. The molecule has 0 radical (unpaired) electrons. The molecule has 1 heterocycles. The van der Waals surface area contributed by atoms with Crippen LogP contribution in [0.4, 0.5) is 18.3 Å². The highest BCUT2D eigenvalue weighted by atomic mass is 35.5. The zero-order valence-corrected chi connectivity index (χ0v) is 19.3. The summed E-state index contributed by atoms with van der Waals surface area (Å²) in [5.41, 5.74) is 0.343. The third kappa shape index (κ3) is 5.59. The van der Waals surface area contributed by atoms with E-state index in [2.05, 4.69) is 4.98 Å². The van der Waals surface area contributed by atoms with E-state index in [0.717, 1.165) is 41.9 Å². The summed E-state index contributed by atoms with van der Waals surface area (Å²) in [6.45, 7) is 0. The quantitative estimate of drug-likeness (QED) is 0.387. The minimum Gasteiger partial charge on any atom is -0.481 e. The molecule has 0 bridgehead atoms. The number of halogens is 4. The largest absolute Gasteiger partial charge is 0.481 e. The first kappa shape index (κ1) is 24.2. The van der Waals surface area contributed by atoms with Gasteiger partial charge in [0, 0.05) is 17.0 Å². The standard InChI is InChI=1S/C24H20ClF3N2O3S/c25-19-9-6-16(24(26,27)28)12-18(19)20-13-34-23(29-20)30(17-7-8-17)22(33)15(11-21(31)32)10-14-4-2-1-3-5-14/h1-6,9,12-13,15,17H,7-8,10-11H2,(H,31,32)/t15-/m1/s1. The van der Waals surface area contributed by atoms with Crippen molar-refractivity contribution in [3.8, 4) is 11.3 Å². The fourth-order valence-electron chi connectivity index (χ4n) is 3.71. The maximum Gasteiger partial charge on any atom is 0.416 e. The number of aromatic nitrogens is 1. The summed E-state index contributed by atoms with van der Waals surface area (Å²) >= 11 is 7.28. The van der Waals surface area contributed by atoms with Gasteiger partial charge in [-0.05, 0) is 43.0 Å². The molecule has 1 aliphatic carbocycles. The van der Waals surface area contributed by atoms with Crippen molar-refractivity contribution in [1.82, 2.24) is 4.98 Å². The molecule has 0 spiro atoms. The van der Waals surface area contributed by atoms with Gasteiger partial charge >= 0.3 is 12.1 Å². The Hall–Kier alpha value is -2.91. The Morgan fingerprint density at radius 1 is 1.18 bits per heavy atom. The lowest BCUT2D eigenvalue weighted by molar-refractivity contribution is -0.140. The minimum atomic E-state index is -4.53. The van der Waals surface area contributed by atoms with Gasteiger partial charge in [-0.25, -0.2) is 4.98 Å². The number of carboxylic acids is 1. The van der Waals surface area contributed by atoms with Gasteiger partial charge in [0.2, 0.25) is 5.91 Å². The summed E-state index contributed by atoms with van der Waals surface area (Å²) in [5, 5.41) is 11.4. The Morgan fingerprint density at radius 3 is 2.50 bits per heavy atom. The van der Waals surface area contributed by atoms with E-state index >= 15 is 0 Å². The number of carbonyl (C=O) groups is 2. The summed E-state index contributed by atoms with van der Waals surface area (Å²) < 4.78 is 39.5. The lowest BCUT2D eigenvalue weighted by Crippen LogP contribution is -2.39. The van der Waals surface area contributed by atoms with Crippen LogP contribution in [0.3, 0.4) is 0 Å². The molecule has 5 nitrogen and oxygen atoms in total. The second kappa shape index (κ2) is 9.76. The van der Waals surface area contributed by atoms with Gasteiger partial charge in [-0.2, -0.15) is 13.2 Å². The van der Waals surface area contributed by atoms with Crippen molar-refractivity contribution in [2.75, 3.05) is 4.90 Å². The smallest absolute Gasteiger partial charge is 0.416 e. The molecule has 1 amide bonds. The van der Waals surface area contributed by atoms with Crippen LogP contribution in [0.15, 0.2) is 53.9 Å². The second-order valence-electron chi connectivity index (χ2n) is 8.13. The number of aliphatic carboxylic acids is 1. The summed E-state index contributed by atoms with van der Waals surface area (Å²) in [6, 6.07) is 12.0. The Labute approximate surface area is 202 Å². The Bertz CT molecular complexity index is 1200. The molecule has 1 N–H and O–H groups in total. The van der Waals surface area contributed by atoms with Gasteiger partial charge < -0.3 is 5.11 Å². The van der Waals surface area contributed by atoms with Crippen LogP contribution >= 0.6 is 22.9 Å². The van der Waals surface area contributed by atoms with Gasteiger partial charge in [0.1, 0.15) is 0 Å². The van der Waals surface area contributed by atoms with E-state index in [0.29, 0.717) is 5.13 Å². The molecule has 0 aliphatic heterocycles. The van der Waals surface area contributed by atoms with Crippen LogP contribution in [0.2, 0.25) is 5.02 Å². The molecule has 4 rings (SSSR count). The summed E-state index contributed by atoms with van der Waals surface area (Å²) in [6.07, 6.45) is -3.12. The molecular formula is C24H20ClF3N2O3S. The van der Waals surface area contributed by atoms with Crippen molar-refractivity contribution < 1.29 is 27.9 Å². The molecule has 34 heavy (non-hydrogen) atoms. The number of carboxylic acid groups (broad SMARTS) is 1. The van der Waals surface area contributed by atoms with Gasteiger partial charge in [0.05, 0.1) is 28.6 Å². The molecule has 0 saturated heterocycles. The lowest BCUT2D eigenvalue weighted by Gasteiger charge is -2.25. The van der Waals surface area contributed by atoms with Gasteiger partial charge in [0.15, 0.2) is 5.13 Å². The fraction of sp³-hybridized carbons (Fsp3) is 0.292. The molecule has 2 aromatic carbocycles. The van der Waals surface area contributed by atoms with Crippen molar-refractivity contribution >= 4 is 39.9 Å². The van der Waals surface area contributed by atoms with Crippen molar-refractivity contribution in [1.29, 1.82) is 0 Å². The number of alkyl halides is 3. The average Bonchev–Trinajstić information content (AvgIpc) is 3.49. The van der Waals surface area contributed by atoms with Crippen LogP contribution in [0.1, 0.15) is 30.4 Å². The third-order valence-electron chi connectivity index (χ3n) is 5.51. The van der Waals surface area contributed by atoms with Crippen molar-refractivity contribution in [3.63, 3.8) is 0 Å². The Morgan fingerprint density at radius 2 is 1.88 bits per heavy atom. The predicted octanol–water partition coefficient (Wildman–Crippen LogP) is 6.31. The van der Waals surface area contributed by atoms with E-state index in [4.69, 9.17) is 11.6 Å². The maximum atomic E-state index is 13.5. The maximum absolute atomic E-state index is 13.5. The van der Waals surface area contributed by atoms with E-state index in [1.807, 2.05) is 30.3 Å². The first-order valence-corrected chi connectivity index (χ1v) is 11.8. The molecule has 1 atom stereocenters. The Balaban J connectivity index is 1.65. The SMILES string of the molecule is O=C(O)C[C@@H](Cc1ccccc1)C(=O)N(c1nc(-c2cc(C(F)(F)F)ccc2Cl)cs1)C1CC1. The topological polar surface area (TPSA) is 70.5 Å². The first-order chi connectivity index (χ1) is 16.1. The number of thiazole rings is 1. The average molecular weight is 509 g/mol. The van der Waals surface area contributed by atoms with Crippen molar-refractivity contribution in [2.45, 2.75) is 37.9 Å². The Kier molecular flexibility index (Phi) is 6.95. The minimum absolute atomic E-state index is 0.113. The van der Waals surface area contributed by atoms with Crippen molar-refractivity contribution in [2.24, 2.45) is 5.92 Å². The number of hydrogen-bond donors (Lipinski definition) is 1. The third-order valence-corrected chi connectivity index (χ3v) is 6.68. The van der Waals surface area contributed by atoms with Gasteiger partial charge in [-0.15, -0.1) is 11.3 Å². The van der Waals surface area contributed by atoms with E-state index in [1.54, 1.807) is 5.38 Å². The number of anilines is 1. The number of benzene rings is 2. The number of carbonyl (C=O) groups excluding carboxylic acids is 1. The number of nitrogens with zero attached hydrogens (tertiary/aromatic N) is 2. The van der Waals surface area contributed by atoms with E-state index in [-0.39, 0.29) is 41.1 Å². The van der Waals surface area contributed by atoms with E-state index in [1.165, 1.54) is 11.0 Å². The summed E-state index contributed by atoms with van der Waals surface area (Å²) in [7, 11) is 0. The van der Waals surface area contributed by atoms with E-state index in [9.17, 15) is 27.9 Å². The van der Waals surface area contributed by atoms with Crippen LogP contribution in [0, 0.1) is 5.92 Å². The van der Waals surface area contributed by atoms with Crippen LogP contribution in [-0.4, -0.2) is 28.0 Å². The molecule has 1 fully saturated rings. The van der Waals surface area contributed by atoms with Gasteiger partial charge in [-0.3, -0.25) is 14.5 Å². The van der Waals surface area contributed by atoms with Gasteiger partial charge in [0.25, 0.3) is 0 Å². The molecule has 1 aromatic heterocycles. The molecular weight excluding hydrogens is 489 g/mol. The predicted molar refractivity (Wildman–Crippen MR) is 124 cm³/mol. The highest BCUT2D eigenvalue weighted by molar-refractivity contribution is 7.14. The molecule has 1 aliphatic rings. The number of rotatable bonds is 8. The first-order valence-electron chi connectivity index (χ1n) is 10.5.